The molecule has 0 bridgehead atoms. The molecule has 0 aliphatic heterocycles. The second-order valence-electron chi connectivity index (χ2n) is 4.89. The molecule has 0 unspecified atom stereocenters. The summed E-state index contributed by atoms with van der Waals surface area (Å²) in [6.07, 6.45) is 12.0. The number of nitrogens with two attached hydrogens (primary N) is 2. The topological polar surface area (TPSA) is 69.1 Å². The van der Waals surface area contributed by atoms with Crippen LogP contribution in [0.5, 0.6) is 0 Å². The summed E-state index contributed by atoms with van der Waals surface area (Å²) >= 11 is 0. The van der Waals surface area contributed by atoms with E-state index in [1.165, 1.54) is 44.9 Å². The summed E-state index contributed by atoms with van der Waals surface area (Å²) in [5, 5.41) is 0. The lowest BCUT2D eigenvalue weighted by atomic mass is 10.0. The van der Waals surface area contributed by atoms with Crippen molar-refractivity contribution in [3.05, 3.63) is 0 Å². The first-order valence-electron chi connectivity index (χ1n) is 7.20. The lowest BCUT2D eigenvalue weighted by Crippen LogP contribution is -2.37. The molecule has 0 aromatic heterocycles. The summed E-state index contributed by atoms with van der Waals surface area (Å²) in [7, 11) is 0. The molecule has 0 aromatic rings. The van der Waals surface area contributed by atoms with Crippen LogP contribution in [-0.4, -0.2) is 18.4 Å². The SMILES string of the molecule is CCCCCCCCCCCC(=O)[C@@H](N)CN. The maximum absolute atomic E-state index is 11.4. The van der Waals surface area contributed by atoms with E-state index in [4.69, 9.17) is 11.5 Å². The van der Waals surface area contributed by atoms with Gasteiger partial charge in [0.2, 0.25) is 0 Å². The van der Waals surface area contributed by atoms with E-state index in [-0.39, 0.29) is 12.3 Å². The smallest absolute Gasteiger partial charge is 0.150 e. The summed E-state index contributed by atoms with van der Waals surface area (Å²) in [5.41, 5.74) is 10.9. The highest BCUT2D eigenvalue weighted by Gasteiger charge is 2.09. The average Bonchev–Trinajstić information content (AvgIpc) is 2.35. The highest BCUT2D eigenvalue weighted by Crippen LogP contribution is 2.10. The molecule has 0 radical (unpaired) electrons. The minimum Gasteiger partial charge on any atom is -0.328 e. The average molecular weight is 242 g/mol. The molecule has 0 aliphatic carbocycles. The van der Waals surface area contributed by atoms with Crippen LogP contribution in [0.4, 0.5) is 0 Å². The molecule has 0 rings (SSSR count). The number of ketones is 1. The van der Waals surface area contributed by atoms with Gasteiger partial charge in [-0.3, -0.25) is 4.79 Å². The number of carbonyl (C=O) groups is 1. The lowest BCUT2D eigenvalue weighted by molar-refractivity contribution is -0.120. The fraction of sp³-hybridized carbons (Fsp3) is 0.929. The molecule has 0 spiro atoms. The Hall–Kier alpha value is -0.410. The van der Waals surface area contributed by atoms with E-state index < -0.39 is 6.04 Å². The Labute approximate surface area is 106 Å². The maximum atomic E-state index is 11.4. The van der Waals surface area contributed by atoms with Crippen molar-refractivity contribution in [3.63, 3.8) is 0 Å². The lowest BCUT2D eigenvalue weighted by Gasteiger charge is -2.07. The van der Waals surface area contributed by atoms with Crippen LogP contribution >= 0.6 is 0 Å². The van der Waals surface area contributed by atoms with Gasteiger partial charge >= 0.3 is 0 Å². The summed E-state index contributed by atoms with van der Waals surface area (Å²) in [4.78, 5) is 11.4. The third kappa shape index (κ3) is 10.5. The maximum Gasteiger partial charge on any atom is 0.150 e. The molecule has 0 aromatic carbocycles. The quantitative estimate of drug-likeness (QED) is 0.517. The highest BCUT2D eigenvalue weighted by atomic mass is 16.1. The predicted molar refractivity (Wildman–Crippen MR) is 73.9 cm³/mol. The second kappa shape index (κ2) is 12.1. The van der Waals surface area contributed by atoms with E-state index >= 15 is 0 Å². The first-order chi connectivity index (χ1) is 8.22. The molecule has 0 aliphatic rings. The molecule has 1 atom stereocenters. The molecular weight excluding hydrogens is 212 g/mol. The van der Waals surface area contributed by atoms with E-state index in [0.29, 0.717) is 6.42 Å². The summed E-state index contributed by atoms with van der Waals surface area (Å²) in [6, 6.07) is -0.441. The zero-order chi connectivity index (χ0) is 12.9. The zero-order valence-electron chi connectivity index (χ0n) is 11.4. The Morgan fingerprint density at radius 3 is 1.88 bits per heavy atom. The van der Waals surface area contributed by atoms with Gasteiger partial charge in [0.25, 0.3) is 0 Å². The van der Waals surface area contributed by atoms with Crippen molar-refractivity contribution in [3.8, 4) is 0 Å². The van der Waals surface area contributed by atoms with Gasteiger partial charge in [-0.05, 0) is 6.42 Å². The fourth-order valence-corrected chi connectivity index (χ4v) is 1.93. The van der Waals surface area contributed by atoms with E-state index in [2.05, 4.69) is 6.92 Å². The Kier molecular flexibility index (Phi) is 11.8. The summed E-state index contributed by atoms with van der Waals surface area (Å²) in [5.74, 6) is 0.121. The molecule has 0 fully saturated rings. The molecule has 0 saturated carbocycles. The third-order valence-electron chi connectivity index (χ3n) is 3.19. The zero-order valence-corrected chi connectivity index (χ0v) is 11.4. The first-order valence-corrected chi connectivity index (χ1v) is 7.20. The number of rotatable bonds is 12. The van der Waals surface area contributed by atoms with Crippen LogP contribution in [0.2, 0.25) is 0 Å². The van der Waals surface area contributed by atoms with Gasteiger partial charge < -0.3 is 11.5 Å². The number of Topliss-reactive ketones (excluding diaryl/α,β-unsaturated/α-hetero) is 1. The predicted octanol–water partition coefficient (Wildman–Crippen LogP) is 2.76. The third-order valence-corrected chi connectivity index (χ3v) is 3.19. The molecule has 102 valence electrons. The highest BCUT2D eigenvalue weighted by molar-refractivity contribution is 5.83. The fourth-order valence-electron chi connectivity index (χ4n) is 1.93. The van der Waals surface area contributed by atoms with Gasteiger partial charge in [0, 0.05) is 13.0 Å². The molecule has 3 heteroatoms. The van der Waals surface area contributed by atoms with E-state index in [9.17, 15) is 4.79 Å². The Morgan fingerprint density at radius 2 is 1.41 bits per heavy atom. The van der Waals surface area contributed by atoms with Crippen molar-refractivity contribution in [2.75, 3.05) is 6.54 Å². The van der Waals surface area contributed by atoms with Gasteiger partial charge in [-0.15, -0.1) is 0 Å². The summed E-state index contributed by atoms with van der Waals surface area (Å²) in [6.45, 7) is 2.51. The molecular formula is C14H30N2O. The van der Waals surface area contributed by atoms with Gasteiger partial charge in [0.1, 0.15) is 0 Å². The monoisotopic (exact) mass is 242 g/mol. The minimum atomic E-state index is -0.441. The van der Waals surface area contributed by atoms with E-state index in [0.717, 1.165) is 12.8 Å². The standard InChI is InChI=1S/C14H30N2O/c1-2-3-4-5-6-7-8-9-10-11-14(17)13(16)12-15/h13H,2-12,15-16H2,1H3/t13-/m0/s1. The van der Waals surface area contributed by atoms with Crippen LogP contribution in [0, 0.1) is 0 Å². The number of hydrogen-bond donors (Lipinski definition) is 2. The second-order valence-corrected chi connectivity index (χ2v) is 4.89. The Bertz CT molecular complexity index is 183. The van der Waals surface area contributed by atoms with Crippen molar-refractivity contribution >= 4 is 5.78 Å². The number of hydrogen-bond acceptors (Lipinski definition) is 3. The van der Waals surface area contributed by atoms with Crippen molar-refractivity contribution in [1.82, 2.24) is 0 Å². The molecule has 0 saturated heterocycles. The van der Waals surface area contributed by atoms with Crippen LogP contribution in [0.25, 0.3) is 0 Å². The molecule has 0 amide bonds. The molecule has 4 N–H and O–H groups in total. The van der Waals surface area contributed by atoms with E-state index in [1.54, 1.807) is 0 Å². The van der Waals surface area contributed by atoms with Gasteiger partial charge in [0.15, 0.2) is 5.78 Å². The van der Waals surface area contributed by atoms with Gasteiger partial charge in [0.05, 0.1) is 6.04 Å². The molecule has 17 heavy (non-hydrogen) atoms. The van der Waals surface area contributed by atoms with Gasteiger partial charge in [-0.2, -0.15) is 0 Å². The van der Waals surface area contributed by atoms with Crippen molar-refractivity contribution < 1.29 is 4.79 Å². The van der Waals surface area contributed by atoms with Gasteiger partial charge in [-0.25, -0.2) is 0 Å². The largest absolute Gasteiger partial charge is 0.328 e. The first kappa shape index (κ1) is 16.6. The minimum absolute atomic E-state index is 0.121. The van der Waals surface area contributed by atoms with Crippen molar-refractivity contribution in [2.24, 2.45) is 11.5 Å². The Morgan fingerprint density at radius 1 is 0.941 bits per heavy atom. The van der Waals surface area contributed by atoms with Crippen molar-refractivity contribution in [1.29, 1.82) is 0 Å². The molecule has 0 heterocycles. The van der Waals surface area contributed by atoms with Crippen molar-refractivity contribution in [2.45, 2.75) is 77.2 Å². The molecule has 3 nitrogen and oxygen atoms in total. The van der Waals surface area contributed by atoms with Gasteiger partial charge in [-0.1, -0.05) is 58.3 Å². The van der Waals surface area contributed by atoms with Crippen LogP contribution in [0.1, 0.15) is 71.1 Å². The number of unbranched alkanes of at least 4 members (excludes halogenated alkanes) is 8. The van der Waals surface area contributed by atoms with Crippen LogP contribution in [0.15, 0.2) is 0 Å². The van der Waals surface area contributed by atoms with Crippen LogP contribution < -0.4 is 11.5 Å². The number of carbonyl (C=O) groups excluding carboxylic acids is 1. The summed E-state index contributed by atoms with van der Waals surface area (Å²) < 4.78 is 0. The van der Waals surface area contributed by atoms with Crippen LogP contribution in [-0.2, 0) is 4.79 Å². The van der Waals surface area contributed by atoms with E-state index in [1.807, 2.05) is 0 Å². The Balaban J connectivity index is 3.16. The van der Waals surface area contributed by atoms with Crippen LogP contribution in [0.3, 0.4) is 0 Å². The normalized spacial score (nSPS) is 12.6.